The number of nitrogens with zero attached hydrogens (tertiary/aromatic N) is 2. The van der Waals surface area contributed by atoms with Gasteiger partial charge >= 0.3 is 0 Å². The first-order valence-electron chi connectivity index (χ1n) is 7.28. The van der Waals surface area contributed by atoms with Crippen molar-refractivity contribution in [3.8, 4) is 0 Å². The Morgan fingerprint density at radius 2 is 2.20 bits per heavy atom. The molecular weight excluding hydrogens is 250 g/mol. The van der Waals surface area contributed by atoms with Crippen LogP contribution >= 0.6 is 0 Å². The van der Waals surface area contributed by atoms with E-state index in [1.807, 2.05) is 13.0 Å². The molecular formula is C16H27N3O. The largest absolute Gasteiger partial charge is 0.395 e. The molecule has 0 radical (unpaired) electrons. The monoisotopic (exact) mass is 277 g/mol. The zero-order valence-corrected chi connectivity index (χ0v) is 12.9. The van der Waals surface area contributed by atoms with Crippen LogP contribution in [-0.2, 0) is 6.54 Å². The Hall–Kier alpha value is -1.39. The van der Waals surface area contributed by atoms with Gasteiger partial charge in [0.25, 0.3) is 0 Å². The minimum Gasteiger partial charge on any atom is -0.395 e. The molecule has 1 aromatic heterocycles. The van der Waals surface area contributed by atoms with Gasteiger partial charge in [-0.25, -0.2) is 4.98 Å². The summed E-state index contributed by atoms with van der Waals surface area (Å²) in [4.78, 5) is 6.76. The number of aromatic nitrogens is 1. The zero-order valence-electron chi connectivity index (χ0n) is 12.9. The molecule has 0 aliphatic rings. The maximum atomic E-state index is 9.25. The van der Waals surface area contributed by atoms with Crippen LogP contribution in [0.5, 0.6) is 0 Å². The van der Waals surface area contributed by atoms with E-state index in [9.17, 15) is 5.11 Å². The third kappa shape index (κ3) is 4.62. The van der Waals surface area contributed by atoms with Gasteiger partial charge in [-0.15, -0.1) is 6.58 Å². The highest BCUT2D eigenvalue weighted by Crippen LogP contribution is 2.22. The molecule has 0 aliphatic carbocycles. The molecule has 0 bridgehead atoms. The number of aliphatic hydroxyl groups is 1. The van der Waals surface area contributed by atoms with Crippen molar-refractivity contribution in [2.45, 2.75) is 33.7 Å². The van der Waals surface area contributed by atoms with E-state index >= 15 is 0 Å². The minimum atomic E-state index is 0.115. The lowest BCUT2D eigenvalue weighted by Gasteiger charge is -2.25. The van der Waals surface area contributed by atoms with Crippen molar-refractivity contribution in [2.75, 3.05) is 31.1 Å². The molecule has 0 aliphatic heterocycles. The SMILES string of the molecule is C=CCN(CCO)c1nc(C)cc(C)c1CNCCC. The molecule has 0 saturated carbocycles. The lowest BCUT2D eigenvalue weighted by atomic mass is 10.1. The molecule has 1 heterocycles. The van der Waals surface area contributed by atoms with Gasteiger partial charge in [0.1, 0.15) is 5.82 Å². The molecule has 1 aromatic rings. The number of rotatable bonds is 9. The third-order valence-electron chi connectivity index (χ3n) is 3.20. The lowest BCUT2D eigenvalue weighted by Crippen LogP contribution is -2.30. The summed E-state index contributed by atoms with van der Waals surface area (Å²) >= 11 is 0. The number of aryl methyl sites for hydroxylation is 2. The second-order valence-corrected chi connectivity index (χ2v) is 5.02. The second-order valence-electron chi connectivity index (χ2n) is 5.02. The van der Waals surface area contributed by atoms with E-state index in [2.05, 4.69) is 41.7 Å². The van der Waals surface area contributed by atoms with Crippen molar-refractivity contribution in [3.63, 3.8) is 0 Å². The summed E-state index contributed by atoms with van der Waals surface area (Å²) in [6.45, 7) is 13.3. The summed E-state index contributed by atoms with van der Waals surface area (Å²) < 4.78 is 0. The fourth-order valence-corrected chi connectivity index (χ4v) is 2.27. The van der Waals surface area contributed by atoms with Gasteiger partial charge in [-0.3, -0.25) is 0 Å². The summed E-state index contributed by atoms with van der Waals surface area (Å²) in [5.74, 6) is 0.958. The first-order chi connectivity index (χ1) is 9.63. The molecule has 4 nitrogen and oxygen atoms in total. The molecule has 0 unspecified atom stereocenters. The van der Waals surface area contributed by atoms with Crippen LogP contribution in [0.25, 0.3) is 0 Å². The van der Waals surface area contributed by atoms with E-state index in [-0.39, 0.29) is 6.61 Å². The van der Waals surface area contributed by atoms with Crippen molar-refractivity contribution < 1.29 is 5.11 Å². The summed E-state index contributed by atoms with van der Waals surface area (Å²) in [5.41, 5.74) is 3.45. The lowest BCUT2D eigenvalue weighted by molar-refractivity contribution is 0.302. The number of nitrogens with one attached hydrogen (secondary N) is 1. The van der Waals surface area contributed by atoms with Crippen LogP contribution in [0.1, 0.15) is 30.2 Å². The van der Waals surface area contributed by atoms with Gasteiger partial charge in [-0.1, -0.05) is 13.0 Å². The third-order valence-corrected chi connectivity index (χ3v) is 3.20. The quantitative estimate of drug-likeness (QED) is 0.536. The van der Waals surface area contributed by atoms with Gasteiger partial charge in [-0.2, -0.15) is 0 Å². The normalized spacial score (nSPS) is 10.6. The van der Waals surface area contributed by atoms with E-state index in [1.54, 1.807) is 0 Å². The van der Waals surface area contributed by atoms with Crippen LogP contribution in [0.2, 0.25) is 0 Å². The van der Waals surface area contributed by atoms with Gasteiger partial charge in [0, 0.05) is 30.9 Å². The fraction of sp³-hybridized carbons (Fsp3) is 0.562. The molecule has 0 saturated heterocycles. The number of hydrogen-bond donors (Lipinski definition) is 2. The molecule has 0 amide bonds. The average Bonchev–Trinajstić information content (AvgIpc) is 2.40. The topological polar surface area (TPSA) is 48.4 Å². The first kappa shape index (κ1) is 16.7. The highest BCUT2D eigenvalue weighted by atomic mass is 16.3. The molecule has 20 heavy (non-hydrogen) atoms. The Balaban J connectivity index is 3.08. The van der Waals surface area contributed by atoms with Gasteiger partial charge in [0.2, 0.25) is 0 Å². The van der Waals surface area contributed by atoms with Crippen LogP contribution in [0, 0.1) is 13.8 Å². The Labute approximate surface area is 122 Å². The van der Waals surface area contributed by atoms with Crippen molar-refractivity contribution in [2.24, 2.45) is 0 Å². The minimum absolute atomic E-state index is 0.115. The van der Waals surface area contributed by atoms with E-state index in [0.717, 1.165) is 31.0 Å². The Bertz CT molecular complexity index is 432. The molecule has 112 valence electrons. The summed E-state index contributed by atoms with van der Waals surface area (Å²) in [7, 11) is 0. The Morgan fingerprint density at radius 3 is 2.80 bits per heavy atom. The van der Waals surface area contributed by atoms with Crippen LogP contribution in [-0.4, -0.2) is 36.3 Å². The van der Waals surface area contributed by atoms with Crippen molar-refractivity contribution in [1.82, 2.24) is 10.3 Å². The average molecular weight is 277 g/mol. The number of aliphatic hydroxyl groups excluding tert-OH is 1. The number of anilines is 1. The summed E-state index contributed by atoms with van der Waals surface area (Å²) in [6.07, 6.45) is 2.96. The number of pyridine rings is 1. The molecule has 2 N–H and O–H groups in total. The zero-order chi connectivity index (χ0) is 15.0. The molecule has 4 heteroatoms. The van der Waals surface area contributed by atoms with Gasteiger partial charge in [0.15, 0.2) is 0 Å². The van der Waals surface area contributed by atoms with Crippen molar-refractivity contribution in [1.29, 1.82) is 0 Å². The molecule has 0 spiro atoms. The van der Waals surface area contributed by atoms with Crippen LogP contribution < -0.4 is 10.2 Å². The predicted octanol–water partition coefficient (Wildman–Crippen LogP) is 2.18. The van der Waals surface area contributed by atoms with Gasteiger partial charge in [-0.05, 0) is 38.4 Å². The van der Waals surface area contributed by atoms with E-state index in [4.69, 9.17) is 0 Å². The standard InChI is InChI=1S/C16H27N3O/c1-5-7-17-12-15-13(3)11-14(4)18-16(15)19(8-6-2)9-10-20/h6,11,17,20H,2,5,7-10,12H2,1,3-4H3. The van der Waals surface area contributed by atoms with Crippen molar-refractivity contribution >= 4 is 5.82 Å². The van der Waals surface area contributed by atoms with E-state index in [0.29, 0.717) is 13.1 Å². The van der Waals surface area contributed by atoms with Crippen LogP contribution in [0.3, 0.4) is 0 Å². The van der Waals surface area contributed by atoms with E-state index in [1.165, 1.54) is 11.1 Å². The van der Waals surface area contributed by atoms with Crippen LogP contribution in [0.4, 0.5) is 5.82 Å². The fourth-order valence-electron chi connectivity index (χ4n) is 2.27. The van der Waals surface area contributed by atoms with Gasteiger partial charge < -0.3 is 15.3 Å². The highest BCUT2D eigenvalue weighted by Gasteiger charge is 2.14. The van der Waals surface area contributed by atoms with Crippen LogP contribution in [0.15, 0.2) is 18.7 Å². The maximum absolute atomic E-state index is 9.25. The molecule has 0 atom stereocenters. The van der Waals surface area contributed by atoms with E-state index < -0.39 is 0 Å². The van der Waals surface area contributed by atoms with Crippen molar-refractivity contribution in [3.05, 3.63) is 35.5 Å². The summed E-state index contributed by atoms with van der Waals surface area (Å²) in [5, 5.41) is 12.7. The second kappa shape index (κ2) is 8.72. The molecule has 0 fully saturated rings. The molecule has 1 rings (SSSR count). The van der Waals surface area contributed by atoms with Gasteiger partial charge in [0.05, 0.1) is 6.61 Å². The highest BCUT2D eigenvalue weighted by molar-refractivity contribution is 5.52. The maximum Gasteiger partial charge on any atom is 0.133 e. The molecule has 0 aromatic carbocycles. The first-order valence-corrected chi connectivity index (χ1v) is 7.28. The number of hydrogen-bond acceptors (Lipinski definition) is 4. The summed E-state index contributed by atoms with van der Waals surface area (Å²) in [6, 6.07) is 2.11. The predicted molar refractivity (Wildman–Crippen MR) is 85.2 cm³/mol. The smallest absolute Gasteiger partial charge is 0.133 e. The Morgan fingerprint density at radius 1 is 1.45 bits per heavy atom. The Kier molecular flexibility index (Phi) is 7.26.